The first-order valence-electron chi connectivity index (χ1n) is 5.41. The first-order chi connectivity index (χ1) is 8.22. The second kappa shape index (κ2) is 5.78. The summed E-state index contributed by atoms with van der Waals surface area (Å²) in [6.07, 6.45) is 0.400. The molecule has 0 radical (unpaired) electrons. The van der Waals surface area contributed by atoms with Crippen LogP contribution in [0.1, 0.15) is 18.1 Å². The van der Waals surface area contributed by atoms with Crippen LogP contribution in [0.2, 0.25) is 0 Å². The van der Waals surface area contributed by atoms with Gasteiger partial charge >= 0.3 is 0 Å². The molecule has 0 amide bonds. The fraction of sp³-hybridized carbons (Fsp3) is 0.500. The Morgan fingerprint density at radius 2 is 1.83 bits per heavy atom. The summed E-state index contributed by atoms with van der Waals surface area (Å²) < 4.78 is 31.8. The van der Waals surface area contributed by atoms with Crippen molar-refractivity contribution in [2.75, 3.05) is 11.8 Å². The molecule has 0 fully saturated rings. The molecule has 0 aliphatic heterocycles. The molecule has 0 heterocycles. The lowest BCUT2D eigenvalue weighted by molar-refractivity contribution is 0.419. The number of hydrogen-bond donors (Lipinski definition) is 1. The highest BCUT2D eigenvalue weighted by Crippen LogP contribution is 2.29. The molecular formula is C12H16Cl2O3S. The Kier molecular flexibility index (Phi) is 5.06. The smallest absolute Gasteiger partial charge is 0.282 e. The van der Waals surface area contributed by atoms with Crippen LogP contribution in [0.3, 0.4) is 0 Å². The lowest BCUT2D eigenvalue weighted by Gasteiger charge is -2.25. The minimum atomic E-state index is -4.23. The van der Waals surface area contributed by atoms with Crippen LogP contribution in [0.5, 0.6) is 0 Å². The summed E-state index contributed by atoms with van der Waals surface area (Å²) in [4.78, 5) is -0.0745. The summed E-state index contributed by atoms with van der Waals surface area (Å²) in [5.41, 5.74) is 1.06. The standard InChI is InChI=1S/C12H16Cl2O3S/c1-9-3-4-11(18(15,16)17)10(5-9)6-12(2,7-13)8-14/h3-5H,6-8H2,1-2H3,(H,15,16,17). The Bertz CT molecular complexity index is 522. The molecule has 0 spiro atoms. The maximum atomic E-state index is 11.3. The van der Waals surface area contributed by atoms with E-state index in [1.54, 1.807) is 12.1 Å². The van der Waals surface area contributed by atoms with Crippen molar-refractivity contribution < 1.29 is 13.0 Å². The van der Waals surface area contributed by atoms with Crippen molar-refractivity contribution in [3.8, 4) is 0 Å². The Labute approximate surface area is 118 Å². The van der Waals surface area contributed by atoms with Crippen molar-refractivity contribution in [1.29, 1.82) is 0 Å². The molecule has 3 nitrogen and oxygen atoms in total. The van der Waals surface area contributed by atoms with Crippen molar-refractivity contribution in [2.45, 2.75) is 25.2 Å². The second-order valence-corrected chi connectivity index (χ2v) is 6.77. The number of benzene rings is 1. The van der Waals surface area contributed by atoms with Crippen LogP contribution in [0.15, 0.2) is 23.1 Å². The second-order valence-electron chi connectivity index (χ2n) is 4.84. The maximum absolute atomic E-state index is 11.3. The van der Waals surface area contributed by atoms with Gasteiger partial charge in [-0.2, -0.15) is 8.42 Å². The molecule has 1 rings (SSSR count). The molecule has 0 aliphatic rings. The van der Waals surface area contributed by atoms with Gasteiger partial charge in [-0.25, -0.2) is 0 Å². The number of alkyl halides is 2. The van der Waals surface area contributed by atoms with Gasteiger partial charge < -0.3 is 0 Å². The van der Waals surface area contributed by atoms with Crippen LogP contribution in [0.4, 0.5) is 0 Å². The molecule has 0 saturated carbocycles. The molecular weight excluding hydrogens is 295 g/mol. The summed E-state index contributed by atoms with van der Waals surface area (Å²) in [6.45, 7) is 3.74. The van der Waals surface area contributed by atoms with Gasteiger partial charge in [0.05, 0.1) is 4.90 Å². The quantitative estimate of drug-likeness (QED) is 0.671. The number of halogens is 2. The van der Waals surface area contributed by atoms with Crippen molar-refractivity contribution in [1.82, 2.24) is 0 Å². The summed E-state index contributed by atoms with van der Waals surface area (Å²) in [6, 6.07) is 4.79. The van der Waals surface area contributed by atoms with Gasteiger partial charge in [0.1, 0.15) is 0 Å². The summed E-state index contributed by atoms with van der Waals surface area (Å²) in [5.74, 6) is 0.630. The van der Waals surface area contributed by atoms with E-state index in [-0.39, 0.29) is 4.90 Å². The van der Waals surface area contributed by atoms with Gasteiger partial charge in [0.15, 0.2) is 0 Å². The Balaban J connectivity index is 3.27. The highest BCUT2D eigenvalue weighted by Gasteiger charge is 2.26. The fourth-order valence-electron chi connectivity index (χ4n) is 1.69. The SMILES string of the molecule is Cc1ccc(S(=O)(=O)O)c(CC(C)(CCl)CCl)c1. The molecule has 6 heteroatoms. The first-order valence-corrected chi connectivity index (χ1v) is 7.92. The molecule has 0 atom stereocenters. The highest BCUT2D eigenvalue weighted by molar-refractivity contribution is 7.85. The molecule has 0 unspecified atom stereocenters. The summed E-state index contributed by atoms with van der Waals surface area (Å²) in [7, 11) is -4.23. The largest absolute Gasteiger partial charge is 0.294 e. The minimum absolute atomic E-state index is 0.0745. The third-order valence-corrected chi connectivity index (χ3v) is 5.00. The van der Waals surface area contributed by atoms with Crippen LogP contribution >= 0.6 is 23.2 Å². The van der Waals surface area contributed by atoms with E-state index in [2.05, 4.69) is 0 Å². The van der Waals surface area contributed by atoms with Gasteiger partial charge in [0, 0.05) is 11.8 Å². The molecule has 0 bridgehead atoms. The molecule has 0 aliphatic carbocycles. The molecule has 1 N–H and O–H groups in total. The Hall–Kier alpha value is -0.290. The zero-order chi connectivity index (χ0) is 14.0. The van der Waals surface area contributed by atoms with Crippen LogP contribution in [0, 0.1) is 12.3 Å². The fourth-order valence-corrected chi connectivity index (χ4v) is 2.87. The van der Waals surface area contributed by atoms with E-state index in [1.165, 1.54) is 6.07 Å². The molecule has 0 aromatic heterocycles. The third-order valence-electron chi connectivity index (χ3n) is 2.76. The predicted molar refractivity (Wildman–Crippen MR) is 74.2 cm³/mol. The molecule has 18 heavy (non-hydrogen) atoms. The van der Waals surface area contributed by atoms with E-state index in [0.29, 0.717) is 23.7 Å². The lowest BCUT2D eigenvalue weighted by Crippen LogP contribution is -2.25. The highest BCUT2D eigenvalue weighted by atomic mass is 35.5. The predicted octanol–water partition coefficient (Wildman–Crippen LogP) is 3.27. The van der Waals surface area contributed by atoms with E-state index in [9.17, 15) is 13.0 Å². The van der Waals surface area contributed by atoms with E-state index >= 15 is 0 Å². The zero-order valence-electron chi connectivity index (χ0n) is 10.3. The van der Waals surface area contributed by atoms with Gasteiger partial charge in [-0.15, -0.1) is 23.2 Å². The monoisotopic (exact) mass is 310 g/mol. The zero-order valence-corrected chi connectivity index (χ0v) is 12.6. The summed E-state index contributed by atoms with van der Waals surface area (Å²) in [5, 5.41) is 0. The van der Waals surface area contributed by atoms with Gasteiger partial charge in [0.25, 0.3) is 10.1 Å². The van der Waals surface area contributed by atoms with Crippen LogP contribution in [-0.2, 0) is 16.5 Å². The van der Waals surface area contributed by atoms with Crippen molar-refractivity contribution in [3.05, 3.63) is 29.3 Å². The number of rotatable bonds is 5. The third kappa shape index (κ3) is 3.85. The molecule has 0 saturated heterocycles. The van der Waals surface area contributed by atoms with Crippen LogP contribution < -0.4 is 0 Å². The topological polar surface area (TPSA) is 54.4 Å². The average Bonchev–Trinajstić information content (AvgIpc) is 2.27. The van der Waals surface area contributed by atoms with E-state index in [4.69, 9.17) is 23.2 Å². The normalized spacial score (nSPS) is 12.7. The lowest BCUT2D eigenvalue weighted by atomic mass is 9.87. The Morgan fingerprint density at radius 3 is 2.28 bits per heavy atom. The van der Waals surface area contributed by atoms with Gasteiger partial charge in [0.2, 0.25) is 0 Å². The van der Waals surface area contributed by atoms with Gasteiger partial charge in [-0.05, 0) is 30.4 Å². The minimum Gasteiger partial charge on any atom is -0.282 e. The van der Waals surface area contributed by atoms with Crippen LogP contribution in [-0.4, -0.2) is 24.7 Å². The van der Waals surface area contributed by atoms with Crippen molar-refractivity contribution >= 4 is 33.3 Å². The Morgan fingerprint density at radius 1 is 1.28 bits per heavy atom. The van der Waals surface area contributed by atoms with E-state index < -0.39 is 15.5 Å². The molecule has 1 aromatic carbocycles. The van der Waals surface area contributed by atoms with Crippen LogP contribution in [0.25, 0.3) is 0 Å². The molecule has 102 valence electrons. The van der Waals surface area contributed by atoms with Gasteiger partial charge in [-0.3, -0.25) is 4.55 Å². The van der Waals surface area contributed by atoms with E-state index in [0.717, 1.165) is 5.56 Å². The average molecular weight is 311 g/mol. The van der Waals surface area contributed by atoms with Crippen molar-refractivity contribution in [2.24, 2.45) is 5.41 Å². The number of aryl methyl sites for hydroxylation is 1. The summed E-state index contributed by atoms with van der Waals surface area (Å²) >= 11 is 11.7. The first kappa shape index (κ1) is 15.8. The maximum Gasteiger partial charge on any atom is 0.294 e. The van der Waals surface area contributed by atoms with Crippen molar-refractivity contribution in [3.63, 3.8) is 0 Å². The number of hydrogen-bond acceptors (Lipinski definition) is 2. The molecule has 1 aromatic rings. The van der Waals surface area contributed by atoms with E-state index in [1.807, 2.05) is 13.8 Å². The van der Waals surface area contributed by atoms with Gasteiger partial charge in [-0.1, -0.05) is 24.6 Å².